The maximum absolute atomic E-state index is 13.6. The van der Waals surface area contributed by atoms with E-state index in [2.05, 4.69) is 0 Å². The van der Waals surface area contributed by atoms with Crippen molar-refractivity contribution in [2.45, 2.75) is 26.9 Å². The van der Waals surface area contributed by atoms with E-state index in [4.69, 9.17) is 15.2 Å². The minimum Gasteiger partial charge on any atom is -0.491 e. The molecule has 0 saturated carbocycles. The van der Waals surface area contributed by atoms with Crippen LogP contribution in [0, 0.1) is 5.82 Å². The average Bonchev–Trinajstić information content (AvgIpc) is 2.32. The van der Waals surface area contributed by atoms with Crippen LogP contribution < -0.4 is 15.4 Å². The summed E-state index contributed by atoms with van der Waals surface area (Å²) in [5.41, 5.74) is 6.98. The highest BCUT2D eigenvalue weighted by atomic mass is 19.1. The van der Waals surface area contributed by atoms with Crippen molar-refractivity contribution in [1.82, 2.24) is 0 Å². The Hall–Kier alpha value is -1.49. The van der Waals surface area contributed by atoms with Crippen LogP contribution in [0.5, 0.6) is 5.75 Å². The molecule has 0 radical (unpaired) electrons. The number of hydrogen-bond donors (Lipinski definition) is 1. The maximum Gasteiger partial charge on any atom is 0.167 e. The molecular formula is C14H23FN2O2. The Morgan fingerprint density at radius 3 is 2.63 bits per heavy atom. The molecule has 0 saturated heterocycles. The van der Waals surface area contributed by atoms with Gasteiger partial charge in [0.15, 0.2) is 11.6 Å². The summed E-state index contributed by atoms with van der Waals surface area (Å²) in [6.45, 7) is 7.48. The molecule has 108 valence electrons. The Morgan fingerprint density at radius 1 is 1.37 bits per heavy atom. The van der Waals surface area contributed by atoms with Gasteiger partial charge < -0.3 is 20.1 Å². The number of hydrogen-bond acceptors (Lipinski definition) is 4. The molecule has 0 aliphatic heterocycles. The van der Waals surface area contributed by atoms with E-state index in [1.807, 2.05) is 32.7 Å². The van der Waals surface area contributed by atoms with Gasteiger partial charge >= 0.3 is 0 Å². The predicted molar refractivity (Wildman–Crippen MR) is 76.3 cm³/mol. The summed E-state index contributed by atoms with van der Waals surface area (Å²) in [7, 11) is 1.89. The number of benzene rings is 1. The predicted octanol–water partition coefficient (Wildman–Crippen LogP) is 2.67. The number of anilines is 2. The van der Waals surface area contributed by atoms with E-state index in [0.29, 0.717) is 25.4 Å². The quantitative estimate of drug-likeness (QED) is 0.774. The first kappa shape index (κ1) is 15.6. The van der Waals surface area contributed by atoms with E-state index in [9.17, 15) is 4.39 Å². The molecule has 0 atom stereocenters. The first-order valence-corrected chi connectivity index (χ1v) is 6.50. The van der Waals surface area contributed by atoms with Crippen LogP contribution in [0.1, 0.15) is 20.8 Å². The Labute approximate surface area is 114 Å². The van der Waals surface area contributed by atoms with E-state index in [0.717, 1.165) is 5.69 Å². The van der Waals surface area contributed by atoms with Crippen molar-refractivity contribution < 1.29 is 13.9 Å². The van der Waals surface area contributed by atoms with Crippen molar-refractivity contribution in [3.8, 4) is 5.75 Å². The fourth-order valence-corrected chi connectivity index (χ4v) is 1.70. The normalized spacial score (nSPS) is 10.8. The van der Waals surface area contributed by atoms with Crippen LogP contribution >= 0.6 is 0 Å². The van der Waals surface area contributed by atoms with Gasteiger partial charge in [-0.1, -0.05) is 0 Å². The number of nitrogens with two attached hydrogens (primary N) is 1. The standard InChI is InChI=1S/C14H23FN2O2/c1-5-18-14-9-13(12(16)8-11(14)15)17(4)6-7-19-10(2)3/h8-10H,5-7,16H2,1-4H3. The van der Waals surface area contributed by atoms with Crippen molar-refractivity contribution in [3.63, 3.8) is 0 Å². The molecule has 0 bridgehead atoms. The Kier molecular flexibility index (Phi) is 5.89. The molecule has 0 aliphatic rings. The topological polar surface area (TPSA) is 47.7 Å². The Morgan fingerprint density at radius 2 is 2.05 bits per heavy atom. The number of likely N-dealkylation sites (N-methyl/N-ethyl adjacent to an activating group) is 1. The lowest BCUT2D eigenvalue weighted by atomic mass is 10.2. The molecule has 4 nitrogen and oxygen atoms in total. The van der Waals surface area contributed by atoms with Crippen LogP contribution in [0.25, 0.3) is 0 Å². The molecule has 1 aromatic rings. The molecule has 0 spiro atoms. The van der Waals surface area contributed by atoms with Crippen LogP contribution in [-0.2, 0) is 4.74 Å². The van der Waals surface area contributed by atoms with Crippen molar-refractivity contribution in [2.75, 3.05) is 37.4 Å². The number of nitrogens with zero attached hydrogens (tertiary/aromatic N) is 1. The van der Waals surface area contributed by atoms with Crippen LogP contribution in [0.4, 0.5) is 15.8 Å². The third kappa shape index (κ3) is 4.59. The summed E-state index contributed by atoms with van der Waals surface area (Å²) in [6, 6.07) is 2.92. The first-order valence-electron chi connectivity index (χ1n) is 6.50. The molecule has 0 aromatic heterocycles. The summed E-state index contributed by atoms with van der Waals surface area (Å²) >= 11 is 0. The highest BCUT2D eigenvalue weighted by Crippen LogP contribution is 2.30. The second-order valence-corrected chi connectivity index (χ2v) is 4.62. The molecule has 0 aliphatic carbocycles. The lowest BCUT2D eigenvalue weighted by Crippen LogP contribution is -2.24. The highest BCUT2D eigenvalue weighted by molar-refractivity contribution is 5.69. The minimum atomic E-state index is -0.435. The van der Waals surface area contributed by atoms with Crippen LogP contribution in [-0.4, -0.2) is 32.9 Å². The number of ether oxygens (including phenoxy) is 2. The smallest absolute Gasteiger partial charge is 0.167 e. The molecule has 0 fully saturated rings. The van der Waals surface area contributed by atoms with E-state index >= 15 is 0 Å². The second-order valence-electron chi connectivity index (χ2n) is 4.62. The lowest BCUT2D eigenvalue weighted by Gasteiger charge is -2.22. The van der Waals surface area contributed by atoms with Crippen LogP contribution in [0.2, 0.25) is 0 Å². The molecule has 1 rings (SSSR count). The molecule has 5 heteroatoms. The Bertz CT molecular complexity index is 411. The van der Waals surface area contributed by atoms with Crippen LogP contribution in [0.15, 0.2) is 12.1 Å². The molecule has 1 aromatic carbocycles. The number of rotatable bonds is 7. The Balaban J connectivity index is 2.77. The van der Waals surface area contributed by atoms with Gasteiger partial charge in [-0.15, -0.1) is 0 Å². The van der Waals surface area contributed by atoms with Crippen LogP contribution in [0.3, 0.4) is 0 Å². The number of halogens is 1. The highest BCUT2D eigenvalue weighted by Gasteiger charge is 2.12. The van der Waals surface area contributed by atoms with E-state index in [1.54, 1.807) is 6.07 Å². The van der Waals surface area contributed by atoms with Gasteiger partial charge in [0.1, 0.15) is 0 Å². The fourth-order valence-electron chi connectivity index (χ4n) is 1.70. The van der Waals surface area contributed by atoms with Gasteiger partial charge in [-0.2, -0.15) is 0 Å². The zero-order valence-electron chi connectivity index (χ0n) is 12.1. The van der Waals surface area contributed by atoms with Gasteiger partial charge in [0, 0.05) is 25.7 Å². The second kappa shape index (κ2) is 7.19. The summed E-state index contributed by atoms with van der Waals surface area (Å²) in [6.07, 6.45) is 0.193. The van der Waals surface area contributed by atoms with Gasteiger partial charge in [-0.3, -0.25) is 0 Å². The van der Waals surface area contributed by atoms with E-state index in [-0.39, 0.29) is 11.9 Å². The van der Waals surface area contributed by atoms with Gasteiger partial charge in [0.25, 0.3) is 0 Å². The molecule has 0 amide bonds. The zero-order valence-corrected chi connectivity index (χ0v) is 12.1. The van der Waals surface area contributed by atoms with Gasteiger partial charge in [0.2, 0.25) is 0 Å². The minimum absolute atomic E-state index is 0.193. The number of nitrogen functional groups attached to an aromatic ring is 1. The largest absolute Gasteiger partial charge is 0.491 e. The summed E-state index contributed by atoms with van der Waals surface area (Å²) in [4.78, 5) is 1.93. The SMILES string of the molecule is CCOc1cc(N(C)CCOC(C)C)c(N)cc1F. The van der Waals surface area contributed by atoms with E-state index < -0.39 is 5.82 Å². The van der Waals surface area contributed by atoms with E-state index in [1.165, 1.54) is 6.07 Å². The lowest BCUT2D eigenvalue weighted by molar-refractivity contribution is 0.0846. The molecule has 0 unspecified atom stereocenters. The third-order valence-corrected chi connectivity index (χ3v) is 2.67. The molecule has 0 heterocycles. The summed E-state index contributed by atoms with van der Waals surface area (Å²) in [5.74, 6) is -0.210. The monoisotopic (exact) mass is 270 g/mol. The molecular weight excluding hydrogens is 247 g/mol. The first-order chi connectivity index (χ1) is 8.95. The van der Waals surface area contributed by atoms with Crippen molar-refractivity contribution in [1.29, 1.82) is 0 Å². The summed E-state index contributed by atoms with van der Waals surface area (Å²) in [5, 5.41) is 0. The third-order valence-electron chi connectivity index (χ3n) is 2.67. The van der Waals surface area contributed by atoms with Gasteiger partial charge in [-0.05, 0) is 20.8 Å². The molecule has 2 N–H and O–H groups in total. The maximum atomic E-state index is 13.6. The zero-order chi connectivity index (χ0) is 14.4. The van der Waals surface area contributed by atoms with Crippen molar-refractivity contribution in [2.24, 2.45) is 0 Å². The summed E-state index contributed by atoms with van der Waals surface area (Å²) < 4.78 is 24.3. The average molecular weight is 270 g/mol. The molecule has 19 heavy (non-hydrogen) atoms. The van der Waals surface area contributed by atoms with Crippen molar-refractivity contribution >= 4 is 11.4 Å². The van der Waals surface area contributed by atoms with Gasteiger partial charge in [-0.25, -0.2) is 4.39 Å². The van der Waals surface area contributed by atoms with Gasteiger partial charge in [0.05, 0.1) is 30.7 Å². The fraction of sp³-hybridized carbons (Fsp3) is 0.571. The van der Waals surface area contributed by atoms with Crippen molar-refractivity contribution in [3.05, 3.63) is 17.9 Å².